The summed E-state index contributed by atoms with van der Waals surface area (Å²) in [7, 11) is 0. The van der Waals surface area contributed by atoms with Crippen LogP contribution in [0.3, 0.4) is 0 Å². The number of hydrogen-bond acceptors (Lipinski definition) is 5. The fourth-order valence-electron chi connectivity index (χ4n) is 1.64. The molecule has 0 aliphatic rings. The van der Waals surface area contributed by atoms with Crippen molar-refractivity contribution in [2.24, 2.45) is 0 Å². The second kappa shape index (κ2) is 4.79. The van der Waals surface area contributed by atoms with E-state index in [-0.39, 0.29) is 0 Å². The molecule has 0 aliphatic carbocycles. The Morgan fingerprint density at radius 2 is 2.00 bits per heavy atom. The number of rotatable bonds is 2. The number of aromatic nitrogens is 5. The Kier molecular flexibility index (Phi) is 3.12. The van der Waals surface area contributed by atoms with Crippen molar-refractivity contribution in [3.8, 4) is 0 Å². The van der Waals surface area contributed by atoms with Crippen LogP contribution >= 0.6 is 23.4 Å². The number of hydrogen-bond donors (Lipinski definition) is 0. The van der Waals surface area contributed by atoms with Crippen LogP contribution in [0.2, 0.25) is 5.15 Å². The first-order chi connectivity index (χ1) is 9.15. The normalized spacial score (nSPS) is 11.1. The fourth-order valence-corrected chi connectivity index (χ4v) is 2.85. The second-order valence-corrected chi connectivity index (χ2v) is 5.32. The van der Waals surface area contributed by atoms with Gasteiger partial charge in [-0.2, -0.15) is 0 Å². The molecule has 19 heavy (non-hydrogen) atoms. The van der Waals surface area contributed by atoms with Gasteiger partial charge in [0.2, 0.25) is 5.16 Å². The monoisotopic (exact) mass is 291 g/mol. The average Bonchev–Trinajstić information content (AvgIpc) is 2.79. The third-order valence-electron chi connectivity index (χ3n) is 2.62. The van der Waals surface area contributed by atoms with Gasteiger partial charge in [-0.1, -0.05) is 17.7 Å². The van der Waals surface area contributed by atoms with Crippen LogP contribution in [0.15, 0.2) is 34.6 Å². The van der Waals surface area contributed by atoms with Crippen LogP contribution in [-0.2, 0) is 0 Å². The van der Waals surface area contributed by atoms with Crippen LogP contribution in [0, 0.1) is 13.8 Å². The van der Waals surface area contributed by atoms with Gasteiger partial charge in [-0.3, -0.25) is 4.40 Å². The summed E-state index contributed by atoms with van der Waals surface area (Å²) in [6.07, 6.45) is 1.92. The van der Waals surface area contributed by atoms with Crippen LogP contribution in [0.4, 0.5) is 0 Å². The maximum absolute atomic E-state index is 6.07. The van der Waals surface area contributed by atoms with Crippen LogP contribution in [0.1, 0.15) is 11.4 Å². The number of halogens is 1. The molecule has 0 radical (unpaired) electrons. The van der Waals surface area contributed by atoms with Gasteiger partial charge in [0.15, 0.2) is 5.65 Å². The van der Waals surface area contributed by atoms with Gasteiger partial charge in [-0.25, -0.2) is 9.97 Å². The number of aryl methyl sites for hydroxylation is 1. The predicted octanol–water partition coefficient (Wildman–Crippen LogP) is 2.94. The Hall–Kier alpha value is -1.66. The highest BCUT2D eigenvalue weighted by atomic mass is 35.5. The molecule has 3 heterocycles. The molecule has 0 unspecified atom stereocenters. The zero-order chi connectivity index (χ0) is 13.4. The van der Waals surface area contributed by atoms with Crippen molar-refractivity contribution < 1.29 is 0 Å². The summed E-state index contributed by atoms with van der Waals surface area (Å²) in [5, 5.41) is 10.3. The van der Waals surface area contributed by atoms with E-state index in [9.17, 15) is 0 Å². The van der Waals surface area contributed by atoms with E-state index >= 15 is 0 Å². The van der Waals surface area contributed by atoms with Gasteiger partial charge in [0.1, 0.15) is 16.0 Å². The zero-order valence-electron chi connectivity index (χ0n) is 10.3. The molecule has 7 heteroatoms. The molecule has 0 bridgehead atoms. The van der Waals surface area contributed by atoms with Crippen molar-refractivity contribution in [1.29, 1.82) is 0 Å². The van der Waals surface area contributed by atoms with Gasteiger partial charge < -0.3 is 0 Å². The van der Waals surface area contributed by atoms with Gasteiger partial charge in [0.05, 0.1) is 0 Å². The Morgan fingerprint density at radius 1 is 1.16 bits per heavy atom. The molecule has 0 spiro atoms. The van der Waals surface area contributed by atoms with E-state index in [2.05, 4.69) is 20.2 Å². The van der Waals surface area contributed by atoms with E-state index in [0.717, 1.165) is 21.4 Å². The highest BCUT2D eigenvalue weighted by Crippen LogP contribution is 2.30. The first-order valence-corrected chi connectivity index (χ1v) is 6.83. The molecule has 5 nitrogen and oxygen atoms in total. The molecule has 3 aromatic heterocycles. The summed E-state index contributed by atoms with van der Waals surface area (Å²) in [4.78, 5) is 8.53. The van der Waals surface area contributed by atoms with Crippen molar-refractivity contribution in [1.82, 2.24) is 24.6 Å². The van der Waals surface area contributed by atoms with Crippen LogP contribution < -0.4 is 0 Å². The summed E-state index contributed by atoms with van der Waals surface area (Å²) in [6.45, 7) is 3.71. The van der Waals surface area contributed by atoms with Gasteiger partial charge in [-0.05, 0) is 37.7 Å². The molecule has 0 saturated carbocycles. The van der Waals surface area contributed by atoms with Crippen molar-refractivity contribution in [3.05, 3.63) is 40.9 Å². The number of pyridine rings is 1. The van der Waals surface area contributed by atoms with Gasteiger partial charge in [0.25, 0.3) is 0 Å². The molecule has 0 aliphatic heterocycles. The molecule has 0 N–H and O–H groups in total. The van der Waals surface area contributed by atoms with E-state index in [4.69, 9.17) is 11.6 Å². The predicted molar refractivity (Wildman–Crippen MR) is 73.6 cm³/mol. The molecule has 0 saturated heterocycles. The first-order valence-electron chi connectivity index (χ1n) is 5.63. The summed E-state index contributed by atoms with van der Waals surface area (Å²) in [6, 6.07) is 5.77. The molecule has 96 valence electrons. The maximum atomic E-state index is 6.07. The molecule has 0 aromatic carbocycles. The second-order valence-electron chi connectivity index (χ2n) is 4.01. The summed E-state index contributed by atoms with van der Waals surface area (Å²) < 4.78 is 1.91. The van der Waals surface area contributed by atoms with Gasteiger partial charge >= 0.3 is 0 Å². The van der Waals surface area contributed by atoms with E-state index in [1.807, 2.05) is 42.6 Å². The largest absolute Gasteiger partial charge is 0.277 e. The molecular weight excluding hydrogens is 282 g/mol. The molecule has 0 atom stereocenters. The third-order valence-corrected chi connectivity index (χ3v) is 4.04. The van der Waals surface area contributed by atoms with E-state index in [0.29, 0.717) is 11.0 Å². The molecule has 0 amide bonds. The highest BCUT2D eigenvalue weighted by Gasteiger charge is 2.13. The standard InChI is InChI=1S/C12H10ClN5S/c1-7-10(13)14-8(2)15-11(7)19-12-17-16-9-5-3-4-6-18(9)12/h3-6H,1-2H3. The summed E-state index contributed by atoms with van der Waals surface area (Å²) >= 11 is 7.50. The van der Waals surface area contributed by atoms with E-state index in [1.54, 1.807) is 0 Å². The average molecular weight is 292 g/mol. The summed E-state index contributed by atoms with van der Waals surface area (Å²) in [5.74, 6) is 0.645. The lowest BCUT2D eigenvalue weighted by molar-refractivity contribution is 0.898. The quantitative estimate of drug-likeness (QED) is 0.680. The van der Waals surface area contributed by atoms with Crippen LogP contribution in [0.25, 0.3) is 5.65 Å². The molecule has 3 rings (SSSR count). The minimum Gasteiger partial charge on any atom is -0.277 e. The zero-order valence-corrected chi connectivity index (χ0v) is 11.9. The lowest BCUT2D eigenvalue weighted by Gasteiger charge is -2.05. The van der Waals surface area contributed by atoms with Gasteiger partial charge in [0, 0.05) is 11.8 Å². The minimum atomic E-state index is 0.476. The van der Waals surface area contributed by atoms with Crippen LogP contribution in [-0.4, -0.2) is 24.6 Å². The van der Waals surface area contributed by atoms with Crippen molar-refractivity contribution in [2.45, 2.75) is 24.0 Å². The Bertz CT molecular complexity index is 755. The minimum absolute atomic E-state index is 0.476. The van der Waals surface area contributed by atoms with Crippen molar-refractivity contribution in [2.75, 3.05) is 0 Å². The van der Waals surface area contributed by atoms with Crippen LogP contribution in [0.5, 0.6) is 0 Å². The van der Waals surface area contributed by atoms with E-state index in [1.165, 1.54) is 11.8 Å². The Balaban J connectivity index is 2.06. The lowest BCUT2D eigenvalue weighted by Crippen LogP contribution is -1.96. The lowest BCUT2D eigenvalue weighted by atomic mass is 10.4. The number of fused-ring (bicyclic) bond motifs is 1. The number of nitrogens with zero attached hydrogens (tertiary/aromatic N) is 5. The maximum Gasteiger partial charge on any atom is 0.201 e. The summed E-state index contributed by atoms with van der Waals surface area (Å²) in [5.41, 5.74) is 1.66. The third kappa shape index (κ3) is 2.29. The molecule has 0 fully saturated rings. The topological polar surface area (TPSA) is 56.0 Å². The smallest absolute Gasteiger partial charge is 0.201 e. The highest BCUT2D eigenvalue weighted by molar-refractivity contribution is 7.99. The van der Waals surface area contributed by atoms with E-state index < -0.39 is 0 Å². The molecular formula is C12H10ClN5S. The van der Waals surface area contributed by atoms with Gasteiger partial charge in [-0.15, -0.1) is 10.2 Å². The SMILES string of the molecule is Cc1nc(Cl)c(C)c(Sc2nnc3ccccn23)n1. The Labute approximate surface area is 119 Å². The molecule has 3 aromatic rings. The Morgan fingerprint density at radius 3 is 2.84 bits per heavy atom. The van der Waals surface area contributed by atoms with Crippen molar-refractivity contribution >= 4 is 29.0 Å². The first kappa shape index (κ1) is 12.4. The van der Waals surface area contributed by atoms with Crippen molar-refractivity contribution in [3.63, 3.8) is 0 Å². The fraction of sp³-hybridized carbons (Fsp3) is 0.167.